The van der Waals surface area contributed by atoms with Crippen LogP contribution in [0.3, 0.4) is 0 Å². The molecule has 1 saturated heterocycles. The number of nitrogens with one attached hydrogen (secondary N) is 2. The van der Waals surface area contributed by atoms with E-state index in [2.05, 4.69) is 19.9 Å². The highest BCUT2D eigenvalue weighted by atomic mass is 16.3. The lowest BCUT2D eigenvalue weighted by Crippen LogP contribution is -2.31. The summed E-state index contributed by atoms with van der Waals surface area (Å²) in [5, 5.41) is 9.77. The monoisotopic (exact) mass is 308 g/mol. The van der Waals surface area contributed by atoms with Crippen LogP contribution < -0.4 is 11.2 Å². The Morgan fingerprint density at radius 1 is 1.23 bits per heavy atom. The molecule has 0 amide bonds. The summed E-state index contributed by atoms with van der Waals surface area (Å²) in [7, 11) is 0. The molecule has 122 valence electrons. The van der Waals surface area contributed by atoms with Gasteiger partial charge in [-0.1, -0.05) is 13.3 Å². The Balaban J connectivity index is 1.99. The van der Waals surface area contributed by atoms with Crippen molar-refractivity contribution in [2.24, 2.45) is 4.99 Å². The molecule has 0 saturated carbocycles. The van der Waals surface area contributed by atoms with Gasteiger partial charge >= 0.3 is 5.69 Å². The van der Waals surface area contributed by atoms with Crippen LogP contribution in [-0.2, 0) is 0 Å². The Morgan fingerprint density at radius 2 is 1.95 bits per heavy atom. The first-order valence-corrected chi connectivity index (χ1v) is 7.93. The van der Waals surface area contributed by atoms with Crippen LogP contribution in [0.4, 0.5) is 0 Å². The van der Waals surface area contributed by atoms with Crippen LogP contribution in [0.5, 0.6) is 5.88 Å². The van der Waals surface area contributed by atoms with E-state index >= 15 is 0 Å². The molecule has 1 aliphatic rings. The minimum Gasteiger partial charge on any atom is -0.494 e. The quantitative estimate of drug-likeness (QED) is 0.535. The predicted molar refractivity (Wildman–Crippen MR) is 86.0 cm³/mol. The lowest BCUT2D eigenvalue weighted by Gasteiger charge is -2.25. The Morgan fingerprint density at radius 3 is 2.59 bits per heavy atom. The molecule has 2 heterocycles. The minimum atomic E-state index is -0.716. The Bertz CT molecular complexity index is 626. The number of rotatable bonds is 6. The van der Waals surface area contributed by atoms with Crippen molar-refractivity contribution in [1.82, 2.24) is 14.9 Å². The molecule has 1 aliphatic heterocycles. The second-order valence-electron chi connectivity index (χ2n) is 5.57. The van der Waals surface area contributed by atoms with Gasteiger partial charge in [-0.05, 0) is 45.3 Å². The molecular formula is C15H24N4O3. The van der Waals surface area contributed by atoms with Gasteiger partial charge in [-0.2, -0.15) is 0 Å². The van der Waals surface area contributed by atoms with Gasteiger partial charge in [0.2, 0.25) is 5.88 Å². The van der Waals surface area contributed by atoms with E-state index in [9.17, 15) is 14.7 Å². The Hall–Kier alpha value is -1.89. The highest BCUT2D eigenvalue weighted by Gasteiger charge is 2.14. The van der Waals surface area contributed by atoms with Crippen molar-refractivity contribution in [2.75, 3.05) is 26.2 Å². The van der Waals surface area contributed by atoms with Crippen molar-refractivity contribution < 1.29 is 5.11 Å². The average molecular weight is 308 g/mol. The number of aromatic amines is 2. The molecule has 22 heavy (non-hydrogen) atoms. The van der Waals surface area contributed by atoms with E-state index < -0.39 is 17.1 Å². The van der Waals surface area contributed by atoms with E-state index in [-0.39, 0.29) is 5.56 Å². The van der Waals surface area contributed by atoms with Gasteiger partial charge in [0.15, 0.2) is 0 Å². The van der Waals surface area contributed by atoms with Gasteiger partial charge in [0.05, 0.1) is 5.71 Å². The predicted octanol–water partition coefficient (Wildman–Crippen LogP) is 0.844. The second kappa shape index (κ2) is 7.93. The third-order valence-electron chi connectivity index (χ3n) is 3.93. The Kier molecular flexibility index (Phi) is 5.94. The number of aromatic nitrogens is 2. The summed E-state index contributed by atoms with van der Waals surface area (Å²) in [6.07, 6.45) is 5.30. The van der Waals surface area contributed by atoms with Gasteiger partial charge in [-0.15, -0.1) is 0 Å². The third-order valence-corrected chi connectivity index (χ3v) is 3.93. The molecule has 1 aromatic heterocycles. The van der Waals surface area contributed by atoms with Gasteiger partial charge in [0, 0.05) is 6.54 Å². The molecule has 7 nitrogen and oxygen atoms in total. The molecule has 0 aromatic carbocycles. The van der Waals surface area contributed by atoms with Crippen molar-refractivity contribution in [1.29, 1.82) is 0 Å². The first-order valence-electron chi connectivity index (χ1n) is 7.93. The summed E-state index contributed by atoms with van der Waals surface area (Å²) in [4.78, 5) is 34.1. The lowest BCUT2D eigenvalue weighted by molar-refractivity contribution is 0.228. The van der Waals surface area contributed by atoms with Gasteiger partial charge in [0.1, 0.15) is 5.56 Å². The Labute approximate surface area is 129 Å². The van der Waals surface area contributed by atoms with Crippen LogP contribution in [0.15, 0.2) is 14.6 Å². The smallest absolute Gasteiger partial charge is 0.328 e. The fourth-order valence-corrected chi connectivity index (χ4v) is 2.80. The first-order chi connectivity index (χ1) is 10.6. The number of piperidine rings is 1. The normalized spacial score (nSPS) is 16.9. The summed E-state index contributed by atoms with van der Waals surface area (Å²) in [5.41, 5.74) is -0.724. The molecule has 0 unspecified atom stereocenters. The maximum absolute atomic E-state index is 11.8. The molecule has 2 rings (SSSR count). The van der Waals surface area contributed by atoms with Crippen molar-refractivity contribution in [3.8, 4) is 5.88 Å². The fraction of sp³-hybridized carbons (Fsp3) is 0.667. The molecule has 7 heteroatoms. The van der Waals surface area contributed by atoms with Crippen LogP contribution in [0.25, 0.3) is 0 Å². The maximum Gasteiger partial charge on any atom is 0.328 e. The summed E-state index contributed by atoms with van der Waals surface area (Å²) >= 11 is 0. The number of likely N-dealkylation sites (tertiary alicyclic amines) is 1. The number of hydrogen-bond donors (Lipinski definition) is 3. The molecule has 0 aliphatic carbocycles. The van der Waals surface area contributed by atoms with Gasteiger partial charge < -0.3 is 10.0 Å². The molecule has 3 N–H and O–H groups in total. The van der Waals surface area contributed by atoms with E-state index in [0.717, 1.165) is 26.1 Å². The van der Waals surface area contributed by atoms with Crippen molar-refractivity contribution >= 4 is 5.71 Å². The van der Waals surface area contributed by atoms with E-state index in [1.54, 1.807) is 0 Å². The van der Waals surface area contributed by atoms with E-state index in [1.807, 2.05) is 6.92 Å². The zero-order valence-corrected chi connectivity index (χ0v) is 13.0. The van der Waals surface area contributed by atoms with Gasteiger partial charge in [-0.3, -0.25) is 19.8 Å². The van der Waals surface area contributed by atoms with E-state index in [4.69, 9.17) is 0 Å². The maximum atomic E-state index is 11.8. The SMILES string of the molecule is CCC(=NCCCN1CCCCC1)c1c(O)[nH]c(=O)[nH]c1=O. The average Bonchev–Trinajstić information content (AvgIpc) is 2.49. The van der Waals surface area contributed by atoms with Gasteiger partial charge in [0.25, 0.3) is 5.56 Å². The van der Waals surface area contributed by atoms with Crippen LogP contribution >= 0.6 is 0 Å². The van der Waals surface area contributed by atoms with Crippen LogP contribution in [0, 0.1) is 0 Å². The van der Waals surface area contributed by atoms with E-state index in [1.165, 1.54) is 19.3 Å². The van der Waals surface area contributed by atoms with Crippen LogP contribution in [0.1, 0.15) is 44.6 Å². The van der Waals surface area contributed by atoms with Crippen LogP contribution in [0.2, 0.25) is 0 Å². The molecule has 1 aromatic rings. The molecule has 1 fully saturated rings. The number of nitrogens with zero attached hydrogens (tertiary/aromatic N) is 2. The number of aromatic hydroxyl groups is 1. The summed E-state index contributed by atoms with van der Waals surface area (Å²) in [5.74, 6) is -0.412. The lowest BCUT2D eigenvalue weighted by atomic mass is 10.1. The van der Waals surface area contributed by atoms with Crippen molar-refractivity contribution in [2.45, 2.75) is 39.0 Å². The van der Waals surface area contributed by atoms with E-state index in [0.29, 0.717) is 18.7 Å². The van der Waals surface area contributed by atoms with Crippen molar-refractivity contribution in [3.63, 3.8) is 0 Å². The third kappa shape index (κ3) is 4.30. The van der Waals surface area contributed by atoms with Crippen molar-refractivity contribution in [3.05, 3.63) is 26.4 Å². The molecule has 0 spiro atoms. The summed E-state index contributed by atoms with van der Waals surface area (Å²) < 4.78 is 0. The standard InChI is InChI=1S/C15H24N4O3/c1-2-11(12-13(20)17-15(22)18-14(12)21)16-7-6-10-19-8-4-3-5-9-19/h2-10H2,1H3,(H3,17,18,20,21,22). The number of hydrogen-bond acceptors (Lipinski definition) is 5. The topological polar surface area (TPSA) is 102 Å². The van der Waals surface area contributed by atoms with Crippen LogP contribution in [-0.4, -0.2) is 51.9 Å². The zero-order valence-electron chi connectivity index (χ0n) is 13.0. The molecule has 0 atom stereocenters. The minimum absolute atomic E-state index is 0.0695. The number of aliphatic imine (C=N–C) groups is 1. The molecule has 0 bridgehead atoms. The highest BCUT2D eigenvalue weighted by molar-refractivity contribution is 6.01. The summed E-state index contributed by atoms with van der Waals surface area (Å²) in [6, 6.07) is 0. The highest BCUT2D eigenvalue weighted by Crippen LogP contribution is 2.11. The van der Waals surface area contributed by atoms with Gasteiger partial charge in [-0.25, -0.2) is 4.79 Å². The zero-order chi connectivity index (χ0) is 15.9. The number of H-pyrrole nitrogens is 2. The molecular weight excluding hydrogens is 284 g/mol. The largest absolute Gasteiger partial charge is 0.494 e. The first kappa shape index (κ1) is 16.5. The molecule has 0 radical (unpaired) electrons. The summed E-state index contributed by atoms with van der Waals surface area (Å²) in [6.45, 7) is 5.80. The fourth-order valence-electron chi connectivity index (χ4n) is 2.80. The second-order valence-corrected chi connectivity index (χ2v) is 5.57.